The van der Waals surface area contributed by atoms with Crippen molar-refractivity contribution >= 4 is 40.8 Å². The molecule has 2 aliphatic rings. The molecule has 2 fully saturated rings. The first-order chi connectivity index (χ1) is 13.8. The normalized spacial score (nSPS) is 20.2. The first kappa shape index (κ1) is 20.0. The molecule has 2 amide bonds. The molecule has 1 atom stereocenters. The number of amides is 2. The first-order valence-corrected chi connectivity index (χ1v) is 9.54. The second-order valence-corrected chi connectivity index (χ2v) is 7.74. The summed E-state index contributed by atoms with van der Waals surface area (Å²) >= 11 is 11.6. The molecule has 1 aromatic carbocycles. The van der Waals surface area contributed by atoms with Gasteiger partial charge in [-0.05, 0) is 23.8 Å². The molecule has 0 saturated carbocycles. The largest absolute Gasteiger partial charge is 0.380 e. The van der Waals surface area contributed by atoms with Crippen LogP contribution < -0.4 is 4.90 Å². The lowest BCUT2D eigenvalue weighted by atomic mass is 9.92. The van der Waals surface area contributed by atoms with Crippen molar-refractivity contribution < 1.29 is 23.1 Å². The standard InChI is InChI=1S/C19H15Cl2F2N3O3/c20-12-4-15(23)18(24-5-12)26-7-16(27)25(17(19(26)28)11-8-29-9-11)6-10-1-2-14(22)13(21)3-10/h1-5,11,17H,6-9H2. The predicted octanol–water partition coefficient (Wildman–Crippen LogP) is 3.06. The van der Waals surface area contributed by atoms with E-state index in [4.69, 9.17) is 27.9 Å². The van der Waals surface area contributed by atoms with E-state index in [0.717, 1.165) is 11.0 Å². The molecule has 1 unspecified atom stereocenters. The van der Waals surface area contributed by atoms with Crippen LogP contribution in [0.4, 0.5) is 14.6 Å². The smallest absolute Gasteiger partial charge is 0.251 e. The molecule has 10 heteroatoms. The molecule has 152 valence electrons. The van der Waals surface area contributed by atoms with Gasteiger partial charge in [0.25, 0.3) is 5.91 Å². The summed E-state index contributed by atoms with van der Waals surface area (Å²) in [4.78, 5) is 32.5. The lowest BCUT2D eigenvalue weighted by Gasteiger charge is -2.45. The Morgan fingerprint density at radius 2 is 1.90 bits per heavy atom. The van der Waals surface area contributed by atoms with Crippen LogP contribution in [0.25, 0.3) is 0 Å². The monoisotopic (exact) mass is 441 g/mol. The van der Waals surface area contributed by atoms with E-state index >= 15 is 0 Å². The maximum absolute atomic E-state index is 14.3. The van der Waals surface area contributed by atoms with Gasteiger partial charge < -0.3 is 9.64 Å². The van der Waals surface area contributed by atoms with Crippen molar-refractivity contribution in [3.63, 3.8) is 0 Å². The summed E-state index contributed by atoms with van der Waals surface area (Å²) in [5, 5.41) is 0.0108. The molecular weight excluding hydrogens is 427 g/mol. The van der Waals surface area contributed by atoms with Crippen LogP contribution in [0.3, 0.4) is 0 Å². The van der Waals surface area contributed by atoms with Crippen molar-refractivity contribution in [2.45, 2.75) is 12.6 Å². The predicted molar refractivity (Wildman–Crippen MR) is 102 cm³/mol. The van der Waals surface area contributed by atoms with Crippen LogP contribution in [0.1, 0.15) is 5.56 Å². The van der Waals surface area contributed by atoms with Gasteiger partial charge in [-0.1, -0.05) is 29.3 Å². The Bertz CT molecular complexity index is 987. The topological polar surface area (TPSA) is 62.7 Å². The number of benzene rings is 1. The van der Waals surface area contributed by atoms with Crippen molar-refractivity contribution in [2.75, 3.05) is 24.7 Å². The molecule has 2 aliphatic heterocycles. The number of piperazine rings is 1. The highest BCUT2D eigenvalue weighted by Gasteiger charge is 2.47. The second kappa shape index (κ2) is 7.85. The van der Waals surface area contributed by atoms with E-state index in [-0.39, 0.29) is 34.9 Å². The zero-order valence-corrected chi connectivity index (χ0v) is 16.5. The Balaban J connectivity index is 1.66. The van der Waals surface area contributed by atoms with E-state index in [0.29, 0.717) is 18.8 Å². The molecule has 29 heavy (non-hydrogen) atoms. The van der Waals surface area contributed by atoms with Crippen LogP contribution >= 0.6 is 23.2 Å². The number of halogens is 4. The van der Waals surface area contributed by atoms with E-state index < -0.39 is 29.5 Å². The van der Waals surface area contributed by atoms with Gasteiger partial charge in [-0.2, -0.15) is 0 Å². The molecule has 0 spiro atoms. The van der Waals surface area contributed by atoms with Gasteiger partial charge in [-0.25, -0.2) is 13.8 Å². The summed E-state index contributed by atoms with van der Waals surface area (Å²) < 4.78 is 33.0. The van der Waals surface area contributed by atoms with Gasteiger partial charge in [-0.3, -0.25) is 14.5 Å². The van der Waals surface area contributed by atoms with E-state index in [1.54, 1.807) is 0 Å². The summed E-state index contributed by atoms with van der Waals surface area (Å²) in [7, 11) is 0. The summed E-state index contributed by atoms with van der Waals surface area (Å²) in [6, 6.07) is 4.30. The number of aromatic nitrogens is 1. The highest BCUT2D eigenvalue weighted by Crippen LogP contribution is 2.31. The van der Waals surface area contributed by atoms with Gasteiger partial charge in [0.15, 0.2) is 11.6 Å². The number of hydrogen-bond acceptors (Lipinski definition) is 4. The maximum Gasteiger partial charge on any atom is 0.251 e. The lowest BCUT2D eigenvalue weighted by Crippen LogP contribution is -2.65. The first-order valence-electron chi connectivity index (χ1n) is 8.78. The van der Waals surface area contributed by atoms with Gasteiger partial charge >= 0.3 is 0 Å². The average molecular weight is 442 g/mol. The van der Waals surface area contributed by atoms with Crippen molar-refractivity contribution in [3.05, 3.63) is 57.7 Å². The van der Waals surface area contributed by atoms with Crippen LogP contribution in [-0.4, -0.2) is 47.5 Å². The molecule has 1 aromatic heterocycles. The van der Waals surface area contributed by atoms with E-state index in [1.807, 2.05) is 0 Å². The zero-order valence-electron chi connectivity index (χ0n) is 14.9. The quantitative estimate of drug-likeness (QED) is 0.731. The molecule has 0 aliphatic carbocycles. The molecule has 4 rings (SSSR count). The maximum atomic E-state index is 14.3. The molecule has 3 heterocycles. The third-order valence-electron chi connectivity index (χ3n) is 4.96. The summed E-state index contributed by atoms with van der Waals surface area (Å²) in [6.45, 7) is 0.295. The Labute approximate surface area is 175 Å². The number of hydrogen-bond donors (Lipinski definition) is 0. The highest BCUT2D eigenvalue weighted by atomic mass is 35.5. The van der Waals surface area contributed by atoms with Crippen LogP contribution in [0, 0.1) is 17.6 Å². The Morgan fingerprint density at radius 1 is 1.14 bits per heavy atom. The number of pyridine rings is 1. The fraction of sp³-hybridized carbons (Fsp3) is 0.316. The van der Waals surface area contributed by atoms with Gasteiger partial charge in [-0.15, -0.1) is 0 Å². The fourth-order valence-electron chi connectivity index (χ4n) is 3.45. The van der Waals surface area contributed by atoms with E-state index in [2.05, 4.69) is 4.98 Å². The Kier molecular flexibility index (Phi) is 5.42. The van der Waals surface area contributed by atoms with E-state index in [1.165, 1.54) is 29.3 Å². The minimum Gasteiger partial charge on any atom is -0.380 e. The van der Waals surface area contributed by atoms with Crippen molar-refractivity contribution in [1.82, 2.24) is 9.88 Å². The SMILES string of the molecule is O=C1C(C2COC2)N(Cc2ccc(F)c(Cl)c2)C(=O)CN1c1ncc(Cl)cc1F. The minimum atomic E-state index is -0.856. The van der Waals surface area contributed by atoms with Crippen LogP contribution in [0.2, 0.25) is 10.0 Å². The van der Waals surface area contributed by atoms with Crippen LogP contribution in [0.5, 0.6) is 0 Å². The van der Waals surface area contributed by atoms with Crippen LogP contribution in [-0.2, 0) is 20.9 Å². The van der Waals surface area contributed by atoms with Gasteiger partial charge in [0.2, 0.25) is 5.91 Å². The number of nitrogens with zero attached hydrogens (tertiary/aromatic N) is 3. The van der Waals surface area contributed by atoms with Crippen molar-refractivity contribution in [1.29, 1.82) is 0 Å². The minimum absolute atomic E-state index is 0.0656. The summed E-state index contributed by atoms with van der Waals surface area (Å²) in [5.41, 5.74) is 0.576. The molecule has 0 radical (unpaired) electrons. The molecule has 2 aromatic rings. The number of carbonyl (C=O) groups excluding carboxylic acids is 2. The van der Waals surface area contributed by atoms with Crippen molar-refractivity contribution in [2.24, 2.45) is 5.92 Å². The molecule has 0 bridgehead atoms. The Morgan fingerprint density at radius 3 is 2.52 bits per heavy atom. The number of ether oxygens (including phenoxy) is 1. The lowest BCUT2D eigenvalue weighted by molar-refractivity contribution is -0.155. The number of carbonyl (C=O) groups is 2. The number of anilines is 1. The van der Waals surface area contributed by atoms with E-state index in [9.17, 15) is 18.4 Å². The summed E-state index contributed by atoms with van der Waals surface area (Å²) in [6.07, 6.45) is 1.21. The summed E-state index contributed by atoms with van der Waals surface area (Å²) in [5.74, 6) is -2.70. The third kappa shape index (κ3) is 3.80. The highest BCUT2D eigenvalue weighted by molar-refractivity contribution is 6.31. The average Bonchev–Trinajstić information content (AvgIpc) is 2.62. The molecule has 0 N–H and O–H groups in total. The van der Waals surface area contributed by atoms with Crippen LogP contribution in [0.15, 0.2) is 30.5 Å². The fourth-order valence-corrected chi connectivity index (χ4v) is 3.80. The Hall–Kier alpha value is -2.29. The third-order valence-corrected chi connectivity index (χ3v) is 5.46. The van der Waals surface area contributed by atoms with Gasteiger partial charge in [0, 0.05) is 18.7 Å². The molecule has 6 nitrogen and oxygen atoms in total. The zero-order chi connectivity index (χ0) is 20.7. The number of rotatable bonds is 4. The molecule has 2 saturated heterocycles. The van der Waals surface area contributed by atoms with Crippen molar-refractivity contribution in [3.8, 4) is 0 Å². The molecular formula is C19H15Cl2F2N3O3. The second-order valence-electron chi connectivity index (χ2n) is 6.90. The van der Waals surface area contributed by atoms with Gasteiger partial charge in [0.05, 0.1) is 23.3 Å². The van der Waals surface area contributed by atoms with Gasteiger partial charge in [0.1, 0.15) is 18.4 Å².